The van der Waals surface area contributed by atoms with Gasteiger partial charge in [0.2, 0.25) is 0 Å². The van der Waals surface area contributed by atoms with Crippen LogP contribution in [-0.2, 0) is 6.54 Å². The maximum absolute atomic E-state index is 5.99. The fraction of sp³-hybridized carbons (Fsp3) is 0.375. The van der Waals surface area contributed by atoms with Gasteiger partial charge >= 0.3 is 0 Å². The normalized spacial score (nSPS) is 12.7. The van der Waals surface area contributed by atoms with Crippen molar-refractivity contribution in [1.29, 1.82) is 0 Å². The van der Waals surface area contributed by atoms with Crippen LogP contribution in [0.5, 0.6) is 5.75 Å². The van der Waals surface area contributed by atoms with E-state index in [4.69, 9.17) is 10.5 Å². The van der Waals surface area contributed by atoms with Crippen LogP contribution >= 0.6 is 11.3 Å². The van der Waals surface area contributed by atoms with E-state index in [2.05, 4.69) is 48.5 Å². The fourth-order valence-corrected chi connectivity index (χ4v) is 3.21. The van der Waals surface area contributed by atoms with Crippen LogP contribution in [0.4, 0.5) is 0 Å². The molecule has 1 aromatic carbocycles. The van der Waals surface area contributed by atoms with Crippen molar-refractivity contribution in [2.45, 2.75) is 19.5 Å². The lowest BCUT2D eigenvalue weighted by molar-refractivity contribution is 0.243. The number of aryl methyl sites for hydroxylation is 1. The molecule has 1 aromatic heterocycles. The molecule has 2 aromatic rings. The van der Waals surface area contributed by atoms with Crippen molar-refractivity contribution >= 4 is 11.3 Å². The molecular formula is C16H22N2OS. The van der Waals surface area contributed by atoms with Gasteiger partial charge in [-0.15, -0.1) is 11.3 Å². The molecule has 2 N–H and O–H groups in total. The van der Waals surface area contributed by atoms with Gasteiger partial charge in [-0.25, -0.2) is 0 Å². The van der Waals surface area contributed by atoms with E-state index in [0.717, 1.165) is 17.9 Å². The number of benzene rings is 1. The summed E-state index contributed by atoms with van der Waals surface area (Å²) >= 11 is 1.78. The van der Waals surface area contributed by atoms with Gasteiger partial charge in [0.25, 0.3) is 0 Å². The quantitative estimate of drug-likeness (QED) is 0.888. The van der Waals surface area contributed by atoms with Gasteiger partial charge in [0, 0.05) is 24.0 Å². The zero-order valence-corrected chi connectivity index (χ0v) is 13.1. The second-order valence-electron chi connectivity index (χ2n) is 4.98. The summed E-state index contributed by atoms with van der Waals surface area (Å²) in [5.41, 5.74) is 8.37. The molecule has 0 aliphatic carbocycles. The standard InChI is InChI=1S/C16H22N2OS/c1-12-9-13(6-7-16(12)19-3)15(10-17)18(2)11-14-5-4-8-20-14/h4-9,15H,10-11,17H2,1-3H3. The smallest absolute Gasteiger partial charge is 0.121 e. The number of thiophene rings is 1. The van der Waals surface area contributed by atoms with Crippen LogP contribution in [0.15, 0.2) is 35.7 Å². The lowest BCUT2D eigenvalue weighted by atomic mass is 10.0. The van der Waals surface area contributed by atoms with Crippen molar-refractivity contribution < 1.29 is 4.74 Å². The summed E-state index contributed by atoms with van der Waals surface area (Å²) in [5.74, 6) is 0.922. The number of ether oxygens (including phenoxy) is 1. The van der Waals surface area contributed by atoms with E-state index >= 15 is 0 Å². The number of hydrogen-bond donors (Lipinski definition) is 1. The molecule has 0 aliphatic rings. The molecule has 0 bridgehead atoms. The lowest BCUT2D eigenvalue weighted by Gasteiger charge is -2.27. The Kier molecular flexibility index (Phi) is 5.17. The first kappa shape index (κ1) is 15.0. The van der Waals surface area contributed by atoms with Crippen molar-refractivity contribution in [3.05, 3.63) is 51.7 Å². The molecule has 0 amide bonds. The van der Waals surface area contributed by atoms with Crippen molar-refractivity contribution in [2.24, 2.45) is 5.73 Å². The number of rotatable bonds is 6. The first-order chi connectivity index (χ1) is 9.65. The Morgan fingerprint density at radius 2 is 2.15 bits per heavy atom. The van der Waals surface area contributed by atoms with E-state index in [0.29, 0.717) is 6.54 Å². The molecule has 3 nitrogen and oxygen atoms in total. The van der Waals surface area contributed by atoms with E-state index in [1.165, 1.54) is 10.4 Å². The summed E-state index contributed by atoms with van der Waals surface area (Å²) < 4.78 is 5.32. The molecule has 20 heavy (non-hydrogen) atoms. The lowest BCUT2D eigenvalue weighted by Crippen LogP contribution is -2.30. The average Bonchev–Trinajstić information content (AvgIpc) is 2.92. The SMILES string of the molecule is COc1ccc(C(CN)N(C)Cc2cccs2)cc1C. The Labute approximate surface area is 125 Å². The zero-order chi connectivity index (χ0) is 14.5. The van der Waals surface area contributed by atoms with Gasteiger partial charge in [0.1, 0.15) is 5.75 Å². The van der Waals surface area contributed by atoms with E-state index in [-0.39, 0.29) is 6.04 Å². The van der Waals surface area contributed by atoms with Crippen LogP contribution in [0.25, 0.3) is 0 Å². The van der Waals surface area contributed by atoms with Gasteiger partial charge in [-0.05, 0) is 42.6 Å². The summed E-state index contributed by atoms with van der Waals surface area (Å²) in [5, 5.41) is 2.11. The van der Waals surface area contributed by atoms with E-state index in [1.54, 1.807) is 18.4 Å². The van der Waals surface area contributed by atoms with Crippen LogP contribution < -0.4 is 10.5 Å². The van der Waals surface area contributed by atoms with Gasteiger partial charge in [-0.3, -0.25) is 4.90 Å². The van der Waals surface area contributed by atoms with Crippen molar-refractivity contribution in [3.63, 3.8) is 0 Å². The molecule has 1 unspecified atom stereocenters. The van der Waals surface area contributed by atoms with Crippen LogP contribution in [0.3, 0.4) is 0 Å². The third-order valence-corrected chi connectivity index (χ3v) is 4.41. The molecule has 0 radical (unpaired) electrons. The first-order valence-corrected chi connectivity index (χ1v) is 7.61. The van der Waals surface area contributed by atoms with Gasteiger partial charge in [-0.2, -0.15) is 0 Å². The largest absolute Gasteiger partial charge is 0.496 e. The summed E-state index contributed by atoms with van der Waals surface area (Å²) in [4.78, 5) is 3.66. The number of methoxy groups -OCH3 is 1. The highest BCUT2D eigenvalue weighted by molar-refractivity contribution is 7.09. The minimum Gasteiger partial charge on any atom is -0.496 e. The molecule has 0 saturated heterocycles. The van der Waals surface area contributed by atoms with Gasteiger partial charge in [-0.1, -0.05) is 18.2 Å². The Balaban J connectivity index is 2.16. The molecule has 0 aliphatic heterocycles. The molecule has 108 valence electrons. The third-order valence-electron chi connectivity index (χ3n) is 3.54. The monoisotopic (exact) mass is 290 g/mol. The average molecular weight is 290 g/mol. The maximum atomic E-state index is 5.99. The molecular weight excluding hydrogens is 268 g/mol. The number of nitrogens with zero attached hydrogens (tertiary/aromatic N) is 1. The highest BCUT2D eigenvalue weighted by atomic mass is 32.1. The summed E-state index contributed by atoms with van der Waals surface area (Å²) in [6.07, 6.45) is 0. The molecule has 0 saturated carbocycles. The molecule has 0 fully saturated rings. The van der Waals surface area contributed by atoms with Crippen LogP contribution in [-0.4, -0.2) is 25.6 Å². The van der Waals surface area contributed by atoms with Crippen molar-refractivity contribution in [1.82, 2.24) is 4.90 Å². The zero-order valence-electron chi connectivity index (χ0n) is 12.3. The van der Waals surface area contributed by atoms with Gasteiger partial charge in [0.15, 0.2) is 0 Å². The van der Waals surface area contributed by atoms with Crippen LogP contribution in [0, 0.1) is 6.92 Å². The summed E-state index contributed by atoms with van der Waals surface area (Å²) in [6.45, 7) is 3.59. The summed E-state index contributed by atoms with van der Waals surface area (Å²) in [7, 11) is 3.82. The fourth-order valence-electron chi connectivity index (χ4n) is 2.44. The predicted octanol–water partition coefficient (Wildman–Crippen LogP) is 3.20. The Morgan fingerprint density at radius 3 is 2.70 bits per heavy atom. The van der Waals surface area contributed by atoms with E-state index < -0.39 is 0 Å². The van der Waals surface area contributed by atoms with Gasteiger partial charge < -0.3 is 10.5 Å². The van der Waals surface area contributed by atoms with E-state index in [9.17, 15) is 0 Å². The Bertz CT molecular complexity index is 539. The number of nitrogens with two attached hydrogens (primary N) is 1. The second kappa shape index (κ2) is 6.88. The summed E-state index contributed by atoms with van der Waals surface area (Å²) in [6, 6.07) is 10.8. The highest BCUT2D eigenvalue weighted by Crippen LogP contribution is 2.26. The second-order valence-corrected chi connectivity index (χ2v) is 6.01. The van der Waals surface area contributed by atoms with Gasteiger partial charge in [0.05, 0.1) is 7.11 Å². The van der Waals surface area contributed by atoms with Crippen molar-refractivity contribution in [3.8, 4) is 5.75 Å². The van der Waals surface area contributed by atoms with Crippen molar-refractivity contribution in [2.75, 3.05) is 20.7 Å². The molecule has 0 spiro atoms. The molecule has 2 rings (SSSR count). The topological polar surface area (TPSA) is 38.5 Å². The Morgan fingerprint density at radius 1 is 1.35 bits per heavy atom. The highest BCUT2D eigenvalue weighted by Gasteiger charge is 2.17. The maximum Gasteiger partial charge on any atom is 0.121 e. The first-order valence-electron chi connectivity index (χ1n) is 6.73. The number of likely N-dealkylation sites (N-methyl/N-ethyl adjacent to an activating group) is 1. The third kappa shape index (κ3) is 3.39. The Hall–Kier alpha value is -1.36. The molecule has 4 heteroatoms. The minimum absolute atomic E-state index is 0.224. The number of hydrogen-bond acceptors (Lipinski definition) is 4. The van der Waals surface area contributed by atoms with Crippen LogP contribution in [0.1, 0.15) is 22.0 Å². The predicted molar refractivity (Wildman–Crippen MR) is 85.3 cm³/mol. The van der Waals surface area contributed by atoms with Crippen LogP contribution in [0.2, 0.25) is 0 Å². The molecule has 1 heterocycles. The minimum atomic E-state index is 0.224. The van der Waals surface area contributed by atoms with E-state index in [1.807, 2.05) is 6.07 Å². The molecule has 1 atom stereocenters.